The molecule has 0 aliphatic rings. The minimum Gasteiger partial charge on any atom is -0.493 e. The molecule has 4 heteroatoms. The van der Waals surface area contributed by atoms with Gasteiger partial charge in [0, 0.05) is 6.54 Å². The van der Waals surface area contributed by atoms with Crippen molar-refractivity contribution in [3.63, 3.8) is 0 Å². The first-order valence-electron chi connectivity index (χ1n) is 6.46. The molecule has 1 aromatic rings. The maximum Gasteiger partial charge on any atom is 0.224 e. The number of aryl methyl sites for hydroxylation is 1. The highest BCUT2D eigenvalue weighted by atomic mass is 16.5. The predicted molar refractivity (Wildman–Crippen MR) is 75.8 cm³/mol. The monoisotopic (exact) mass is 265 g/mol. The summed E-state index contributed by atoms with van der Waals surface area (Å²) in [6, 6.07) is 3.76. The van der Waals surface area contributed by atoms with Gasteiger partial charge in [-0.1, -0.05) is 13.8 Å². The number of benzene rings is 1. The Morgan fingerprint density at radius 1 is 1.21 bits per heavy atom. The first kappa shape index (κ1) is 15.3. The van der Waals surface area contributed by atoms with E-state index in [4.69, 9.17) is 9.47 Å². The van der Waals surface area contributed by atoms with E-state index in [1.54, 1.807) is 14.2 Å². The lowest BCUT2D eigenvalue weighted by atomic mass is 10.0. The van der Waals surface area contributed by atoms with Crippen molar-refractivity contribution >= 4 is 5.91 Å². The SMILES string of the molecule is COc1cc(C)c(CC(=O)NCC(C)C)cc1OC. The Bertz CT molecular complexity index is 441. The van der Waals surface area contributed by atoms with Crippen molar-refractivity contribution in [2.24, 2.45) is 5.92 Å². The van der Waals surface area contributed by atoms with Crippen LogP contribution in [-0.4, -0.2) is 26.7 Å². The smallest absolute Gasteiger partial charge is 0.224 e. The maximum absolute atomic E-state index is 11.8. The van der Waals surface area contributed by atoms with Crippen LogP contribution in [0.1, 0.15) is 25.0 Å². The van der Waals surface area contributed by atoms with Crippen LogP contribution in [0.5, 0.6) is 11.5 Å². The molecule has 0 aliphatic carbocycles. The zero-order valence-electron chi connectivity index (χ0n) is 12.4. The molecule has 0 atom stereocenters. The summed E-state index contributed by atoms with van der Waals surface area (Å²) in [5.41, 5.74) is 1.98. The van der Waals surface area contributed by atoms with Gasteiger partial charge < -0.3 is 14.8 Å². The van der Waals surface area contributed by atoms with Crippen molar-refractivity contribution in [1.82, 2.24) is 5.32 Å². The first-order chi connectivity index (χ1) is 8.97. The Hall–Kier alpha value is -1.71. The Labute approximate surface area is 115 Å². The Balaban J connectivity index is 2.80. The Kier molecular flexibility index (Phi) is 5.67. The number of rotatable bonds is 6. The van der Waals surface area contributed by atoms with Crippen LogP contribution < -0.4 is 14.8 Å². The summed E-state index contributed by atoms with van der Waals surface area (Å²) in [6.07, 6.45) is 0.360. The van der Waals surface area contributed by atoms with Gasteiger partial charge in [-0.05, 0) is 36.1 Å². The van der Waals surface area contributed by atoms with Gasteiger partial charge in [-0.2, -0.15) is 0 Å². The van der Waals surface area contributed by atoms with E-state index >= 15 is 0 Å². The van der Waals surface area contributed by atoms with Crippen molar-refractivity contribution in [2.45, 2.75) is 27.2 Å². The molecule has 4 nitrogen and oxygen atoms in total. The molecule has 0 aromatic heterocycles. The van der Waals surface area contributed by atoms with E-state index in [0.29, 0.717) is 30.4 Å². The summed E-state index contributed by atoms with van der Waals surface area (Å²) in [7, 11) is 3.20. The quantitative estimate of drug-likeness (QED) is 0.858. The highest BCUT2D eigenvalue weighted by molar-refractivity contribution is 5.79. The van der Waals surface area contributed by atoms with Gasteiger partial charge >= 0.3 is 0 Å². The highest BCUT2D eigenvalue weighted by Gasteiger charge is 2.11. The molecule has 1 aromatic carbocycles. The van der Waals surface area contributed by atoms with Gasteiger partial charge in [0.25, 0.3) is 0 Å². The molecule has 0 heterocycles. The fourth-order valence-electron chi connectivity index (χ4n) is 1.77. The molecule has 0 spiro atoms. The molecule has 0 radical (unpaired) electrons. The van der Waals surface area contributed by atoms with Gasteiger partial charge in [-0.25, -0.2) is 0 Å². The predicted octanol–water partition coefficient (Wildman–Crippen LogP) is 2.33. The molecule has 0 aliphatic heterocycles. The van der Waals surface area contributed by atoms with Gasteiger partial charge in [0.2, 0.25) is 5.91 Å². The van der Waals surface area contributed by atoms with E-state index in [2.05, 4.69) is 19.2 Å². The number of carbonyl (C=O) groups is 1. The zero-order valence-corrected chi connectivity index (χ0v) is 12.4. The lowest BCUT2D eigenvalue weighted by molar-refractivity contribution is -0.120. The van der Waals surface area contributed by atoms with Crippen molar-refractivity contribution in [2.75, 3.05) is 20.8 Å². The van der Waals surface area contributed by atoms with Crippen molar-refractivity contribution in [3.8, 4) is 11.5 Å². The van der Waals surface area contributed by atoms with Gasteiger partial charge in [-0.3, -0.25) is 4.79 Å². The van der Waals surface area contributed by atoms with E-state index in [1.807, 2.05) is 19.1 Å². The number of methoxy groups -OCH3 is 2. The second kappa shape index (κ2) is 7.02. The molecule has 0 unspecified atom stereocenters. The minimum atomic E-state index is 0.0315. The fraction of sp³-hybridized carbons (Fsp3) is 0.533. The van der Waals surface area contributed by atoms with Crippen LogP contribution in [0.4, 0.5) is 0 Å². The number of hydrogen-bond acceptors (Lipinski definition) is 3. The van der Waals surface area contributed by atoms with Crippen LogP contribution in [0.2, 0.25) is 0 Å². The zero-order chi connectivity index (χ0) is 14.4. The van der Waals surface area contributed by atoms with Gasteiger partial charge in [0.05, 0.1) is 20.6 Å². The summed E-state index contributed by atoms with van der Waals surface area (Å²) < 4.78 is 10.5. The third-order valence-corrected chi connectivity index (χ3v) is 2.90. The largest absolute Gasteiger partial charge is 0.493 e. The minimum absolute atomic E-state index is 0.0315. The number of nitrogens with one attached hydrogen (secondary N) is 1. The first-order valence-corrected chi connectivity index (χ1v) is 6.46. The molecule has 0 bridgehead atoms. The van der Waals surface area contributed by atoms with Crippen LogP contribution in [0.25, 0.3) is 0 Å². The van der Waals surface area contributed by atoms with E-state index in [-0.39, 0.29) is 5.91 Å². The lowest BCUT2D eigenvalue weighted by Gasteiger charge is -2.13. The maximum atomic E-state index is 11.8. The Morgan fingerprint density at radius 3 is 2.32 bits per heavy atom. The molecule has 0 fully saturated rings. The molecule has 0 saturated heterocycles. The third-order valence-electron chi connectivity index (χ3n) is 2.90. The van der Waals surface area contributed by atoms with Crippen LogP contribution in [0, 0.1) is 12.8 Å². The molecule has 1 rings (SSSR count). The molecule has 0 saturated carbocycles. The average molecular weight is 265 g/mol. The summed E-state index contributed by atoms with van der Waals surface area (Å²) in [5, 5.41) is 2.91. The molecule has 19 heavy (non-hydrogen) atoms. The van der Waals surface area contributed by atoms with Crippen LogP contribution in [-0.2, 0) is 11.2 Å². The van der Waals surface area contributed by atoms with Crippen molar-refractivity contribution in [3.05, 3.63) is 23.3 Å². The second-order valence-corrected chi connectivity index (χ2v) is 5.01. The topological polar surface area (TPSA) is 47.6 Å². The summed E-state index contributed by atoms with van der Waals surface area (Å²) in [5.74, 6) is 1.82. The molecular formula is C15H23NO3. The number of amides is 1. The fourth-order valence-corrected chi connectivity index (χ4v) is 1.77. The van der Waals surface area contributed by atoms with Gasteiger partial charge in [-0.15, -0.1) is 0 Å². The molecular weight excluding hydrogens is 242 g/mol. The summed E-state index contributed by atoms with van der Waals surface area (Å²) >= 11 is 0. The third kappa shape index (κ3) is 4.47. The standard InChI is InChI=1S/C15H23NO3/c1-10(2)9-16-15(17)8-12-7-14(19-5)13(18-4)6-11(12)3/h6-7,10H,8-9H2,1-5H3,(H,16,17). The van der Waals surface area contributed by atoms with E-state index in [0.717, 1.165) is 11.1 Å². The number of ether oxygens (including phenoxy) is 2. The average Bonchev–Trinajstić information content (AvgIpc) is 2.38. The van der Waals surface area contributed by atoms with Crippen molar-refractivity contribution in [1.29, 1.82) is 0 Å². The lowest BCUT2D eigenvalue weighted by Crippen LogP contribution is -2.28. The summed E-state index contributed by atoms with van der Waals surface area (Å²) in [4.78, 5) is 11.8. The number of carbonyl (C=O) groups excluding carboxylic acids is 1. The second-order valence-electron chi connectivity index (χ2n) is 5.01. The molecule has 1 N–H and O–H groups in total. The van der Waals surface area contributed by atoms with E-state index < -0.39 is 0 Å². The normalized spacial score (nSPS) is 10.4. The van der Waals surface area contributed by atoms with Gasteiger partial charge in [0.1, 0.15) is 0 Å². The van der Waals surface area contributed by atoms with E-state index in [1.165, 1.54) is 0 Å². The summed E-state index contributed by atoms with van der Waals surface area (Å²) in [6.45, 7) is 6.81. The molecule has 1 amide bonds. The van der Waals surface area contributed by atoms with Crippen molar-refractivity contribution < 1.29 is 14.3 Å². The Morgan fingerprint density at radius 2 is 1.79 bits per heavy atom. The highest BCUT2D eigenvalue weighted by Crippen LogP contribution is 2.30. The molecule has 106 valence electrons. The van der Waals surface area contributed by atoms with Crippen LogP contribution in [0.3, 0.4) is 0 Å². The van der Waals surface area contributed by atoms with Crippen LogP contribution >= 0.6 is 0 Å². The van der Waals surface area contributed by atoms with Crippen LogP contribution in [0.15, 0.2) is 12.1 Å². The number of hydrogen-bond donors (Lipinski definition) is 1. The van der Waals surface area contributed by atoms with E-state index in [9.17, 15) is 4.79 Å². The van der Waals surface area contributed by atoms with Gasteiger partial charge in [0.15, 0.2) is 11.5 Å².